The zero-order chi connectivity index (χ0) is 12.2. The third-order valence-electron chi connectivity index (χ3n) is 2.89. The van der Waals surface area contributed by atoms with Crippen molar-refractivity contribution in [1.29, 1.82) is 0 Å². The molecule has 0 radical (unpaired) electrons. The molecular formula is C12H22F2O2. The number of halogens is 2. The first-order valence-corrected chi connectivity index (χ1v) is 6.08. The van der Waals surface area contributed by atoms with Crippen molar-refractivity contribution in [1.82, 2.24) is 0 Å². The highest BCUT2D eigenvalue weighted by atomic mass is 19.3. The van der Waals surface area contributed by atoms with Gasteiger partial charge in [-0.1, -0.05) is 13.8 Å². The van der Waals surface area contributed by atoms with Crippen molar-refractivity contribution in [3.63, 3.8) is 0 Å². The largest absolute Gasteiger partial charge is 0.376 e. The summed E-state index contributed by atoms with van der Waals surface area (Å²) in [4.78, 5) is 0. The SMILES string of the molecule is CCOC1CC1OCCCC(F)(F)C(C)C. The molecule has 0 amide bonds. The second-order valence-corrected chi connectivity index (χ2v) is 4.66. The summed E-state index contributed by atoms with van der Waals surface area (Å²) in [5.74, 6) is -3.16. The van der Waals surface area contributed by atoms with Gasteiger partial charge in [0.15, 0.2) is 0 Å². The van der Waals surface area contributed by atoms with Crippen LogP contribution >= 0.6 is 0 Å². The van der Waals surface area contributed by atoms with Crippen LogP contribution in [0.2, 0.25) is 0 Å². The summed E-state index contributed by atoms with van der Waals surface area (Å²) in [6.45, 7) is 6.14. The molecule has 2 nitrogen and oxygen atoms in total. The van der Waals surface area contributed by atoms with Gasteiger partial charge in [0.25, 0.3) is 5.92 Å². The van der Waals surface area contributed by atoms with Gasteiger partial charge in [0.05, 0.1) is 12.2 Å². The van der Waals surface area contributed by atoms with E-state index >= 15 is 0 Å². The van der Waals surface area contributed by atoms with Crippen molar-refractivity contribution in [2.24, 2.45) is 5.92 Å². The van der Waals surface area contributed by atoms with E-state index in [4.69, 9.17) is 9.47 Å². The second kappa shape index (κ2) is 5.92. The summed E-state index contributed by atoms with van der Waals surface area (Å²) >= 11 is 0. The first-order valence-electron chi connectivity index (χ1n) is 6.08. The quantitative estimate of drug-likeness (QED) is 0.602. The predicted molar refractivity (Wildman–Crippen MR) is 58.8 cm³/mol. The summed E-state index contributed by atoms with van der Waals surface area (Å²) in [5, 5.41) is 0. The lowest BCUT2D eigenvalue weighted by molar-refractivity contribution is -0.0600. The molecule has 4 heteroatoms. The van der Waals surface area contributed by atoms with Crippen molar-refractivity contribution in [2.75, 3.05) is 13.2 Å². The molecule has 2 atom stereocenters. The minimum atomic E-state index is -2.56. The average molecular weight is 236 g/mol. The molecule has 16 heavy (non-hydrogen) atoms. The van der Waals surface area contributed by atoms with Crippen molar-refractivity contribution in [3.05, 3.63) is 0 Å². The second-order valence-electron chi connectivity index (χ2n) is 4.66. The van der Waals surface area contributed by atoms with Crippen molar-refractivity contribution in [2.45, 2.75) is 58.2 Å². The molecule has 1 aliphatic rings. The molecule has 0 heterocycles. The fraction of sp³-hybridized carbons (Fsp3) is 1.00. The lowest BCUT2D eigenvalue weighted by Gasteiger charge is -2.19. The summed E-state index contributed by atoms with van der Waals surface area (Å²) in [6, 6.07) is 0. The number of alkyl halides is 2. The van der Waals surface area contributed by atoms with Crippen LogP contribution < -0.4 is 0 Å². The van der Waals surface area contributed by atoms with E-state index in [0.717, 1.165) is 6.42 Å². The topological polar surface area (TPSA) is 18.5 Å². The van der Waals surface area contributed by atoms with Gasteiger partial charge in [-0.05, 0) is 13.3 Å². The van der Waals surface area contributed by atoms with Crippen molar-refractivity contribution in [3.8, 4) is 0 Å². The molecule has 0 saturated heterocycles. The minimum absolute atomic E-state index is 0.0866. The van der Waals surface area contributed by atoms with Crippen LogP contribution in [0.3, 0.4) is 0 Å². The number of ether oxygens (including phenoxy) is 2. The summed E-state index contributed by atoms with van der Waals surface area (Å²) < 4.78 is 37.2. The lowest BCUT2D eigenvalue weighted by Crippen LogP contribution is -2.24. The average Bonchev–Trinajstić information content (AvgIpc) is 2.92. The van der Waals surface area contributed by atoms with Gasteiger partial charge in [-0.3, -0.25) is 0 Å². The third-order valence-corrected chi connectivity index (χ3v) is 2.89. The normalized spacial score (nSPS) is 25.1. The molecule has 0 aromatic carbocycles. The molecular weight excluding hydrogens is 214 g/mol. The molecule has 0 spiro atoms. The Morgan fingerprint density at radius 3 is 2.44 bits per heavy atom. The highest BCUT2D eigenvalue weighted by Crippen LogP contribution is 2.31. The summed E-state index contributed by atoms with van der Waals surface area (Å²) in [6.07, 6.45) is 1.59. The van der Waals surface area contributed by atoms with Gasteiger partial charge >= 0.3 is 0 Å². The Bertz CT molecular complexity index is 207. The molecule has 1 fully saturated rings. The van der Waals surface area contributed by atoms with Crippen molar-refractivity contribution >= 4 is 0 Å². The third kappa shape index (κ3) is 4.34. The number of hydrogen-bond donors (Lipinski definition) is 0. The van der Waals surface area contributed by atoms with Crippen LogP contribution in [0, 0.1) is 5.92 Å². The van der Waals surface area contributed by atoms with E-state index in [1.54, 1.807) is 13.8 Å². The van der Waals surface area contributed by atoms with Crippen LogP contribution in [0.4, 0.5) is 8.78 Å². The van der Waals surface area contributed by atoms with Gasteiger partial charge in [-0.15, -0.1) is 0 Å². The molecule has 0 aromatic rings. The highest BCUT2D eigenvalue weighted by Gasteiger charge is 2.39. The van der Waals surface area contributed by atoms with Crippen LogP contribution in [-0.2, 0) is 9.47 Å². The monoisotopic (exact) mass is 236 g/mol. The van der Waals surface area contributed by atoms with Crippen LogP contribution in [0.1, 0.15) is 40.0 Å². The summed E-state index contributed by atoms with van der Waals surface area (Å²) in [7, 11) is 0. The Morgan fingerprint density at radius 2 is 1.88 bits per heavy atom. The van der Waals surface area contributed by atoms with E-state index in [1.807, 2.05) is 6.92 Å². The first kappa shape index (κ1) is 13.8. The Hall–Kier alpha value is -0.220. The number of hydrogen-bond acceptors (Lipinski definition) is 2. The molecule has 0 aromatic heterocycles. The predicted octanol–water partition coefficient (Wildman–Crippen LogP) is 3.25. The Balaban J connectivity index is 2.01. The van der Waals surface area contributed by atoms with Gasteiger partial charge in [-0.2, -0.15) is 0 Å². The maximum Gasteiger partial charge on any atom is 0.250 e. The van der Waals surface area contributed by atoms with Gasteiger partial charge in [0.1, 0.15) is 0 Å². The molecule has 2 unspecified atom stereocenters. The minimum Gasteiger partial charge on any atom is -0.376 e. The molecule has 1 rings (SSSR count). The lowest BCUT2D eigenvalue weighted by atomic mass is 10.0. The van der Waals surface area contributed by atoms with E-state index in [1.165, 1.54) is 0 Å². The fourth-order valence-corrected chi connectivity index (χ4v) is 1.55. The zero-order valence-electron chi connectivity index (χ0n) is 10.3. The Labute approximate surface area is 96.3 Å². The molecule has 1 saturated carbocycles. The molecule has 1 aliphatic carbocycles. The highest BCUT2D eigenvalue weighted by molar-refractivity contribution is 4.89. The van der Waals surface area contributed by atoms with E-state index in [2.05, 4.69) is 0 Å². The molecule has 0 N–H and O–H groups in total. The standard InChI is InChI=1S/C12H22F2O2/c1-4-15-10-8-11(10)16-7-5-6-12(13,14)9(2)3/h9-11H,4-8H2,1-3H3. The van der Waals surface area contributed by atoms with E-state index in [0.29, 0.717) is 19.6 Å². The van der Waals surface area contributed by atoms with Gasteiger partial charge in [0.2, 0.25) is 0 Å². The van der Waals surface area contributed by atoms with Crippen LogP contribution in [0.25, 0.3) is 0 Å². The van der Waals surface area contributed by atoms with E-state index < -0.39 is 11.8 Å². The fourth-order valence-electron chi connectivity index (χ4n) is 1.55. The number of rotatable bonds is 8. The smallest absolute Gasteiger partial charge is 0.250 e. The van der Waals surface area contributed by atoms with Crippen LogP contribution in [0.5, 0.6) is 0 Å². The summed E-state index contributed by atoms with van der Waals surface area (Å²) in [5.41, 5.74) is 0. The zero-order valence-corrected chi connectivity index (χ0v) is 10.3. The maximum atomic E-state index is 13.2. The van der Waals surface area contributed by atoms with Crippen LogP contribution in [0.15, 0.2) is 0 Å². The van der Waals surface area contributed by atoms with Crippen LogP contribution in [-0.4, -0.2) is 31.3 Å². The van der Waals surface area contributed by atoms with Gasteiger partial charge in [-0.25, -0.2) is 8.78 Å². The molecule has 96 valence electrons. The molecule has 0 bridgehead atoms. The van der Waals surface area contributed by atoms with Gasteiger partial charge in [0, 0.05) is 32.0 Å². The van der Waals surface area contributed by atoms with E-state index in [-0.39, 0.29) is 18.6 Å². The van der Waals surface area contributed by atoms with Crippen molar-refractivity contribution < 1.29 is 18.3 Å². The maximum absolute atomic E-state index is 13.2. The van der Waals surface area contributed by atoms with Gasteiger partial charge < -0.3 is 9.47 Å². The Kier molecular flexibility index (Phi) is 5.12. The van der Waals surface area contributed by atoms with E-state index in [9.17, 15) is 8.78 Å². The first-order chi connectivity index (χ1) is 7.47. The molecule has 0 aliphatic heterocycles. The Morgan fingerprint density at radius 1 is 1.25 bits per heavy atom.